The number of hydrogen-bond donors (Lipinski definition) is 2. The summed E-state index contributed by atoms with van der Waals surface area (Å²) in [5, 5.41) is 14.2. The monoisotopic (exact) mass is 372 g/mol. The summed E-state index contributed by atoms with van der Waals surface area (Å²) >= 11 is 5.79. The van der Waals surface area contributed by atoms with Crippen LogP contribution in [0.25, 0.3) is 0 Å². The normalized spacial score (nSPS) is 10.5. The molecule has 3 aromatic rings. The zero-order valence-electron chi connectivity index (χ0n) is 14.0. The summed E-state index contributed by atoms with van der Waals surface area (Å²) in [6, 6.07) is 10.3. The average molecular weight is 373 g/mol. The Morgan fingerprint density at radius 2 is 1.96 bits per heavy atom. The van der Waals surface area contributed by atoms with Crippen molar-refractivity contribution in [2.24, 2.45) is 7.05 Å². The van der Waals surface area contributed by atoms with Gasteiger partial charge in [-0.05, 0) is 12.1 Å². The molecule has 2 aromatic heterocycles. The molecule has 2 heterocycles. The molecule has 3 rings (SSSR count). The molecule has 26 heavy (non-hydrogen) atoms. The highest BCUT2D eigenvalue weighted by Crippen LogP contribution is 2.11. The molecule has 0 fully saturated rings. The van der Waals surface area contributed by atoms with Crippen LogP contribution in [-0.4, -0.2) is 37.9 Å². The number of aromatic nitrogens is 4. The molecule has 8 nitrogen and oxygen atoms in total. The highest BCUT2D eigenvalue weighted by molar-refractivity contribution is 6.30. The number of hydrogen-bond acceptors (Lipinski definition) is 4. The van der Waals surface area contributed by atoms with Gasteiger partial charge in [-0.1, -0.05) is 29.8 Å². The number of carbonyl (C=O) groups excluding carboxylic acids is 2. The first kappa shape index (κ1) is 17.7. The van der Waals surface area contributed by atoms with Crippen molar-refractivity contribution in [1.29, 1.82) is 0 Å². The van der Waals surface area contributed by atoms with Crippen molar-refractivity contribution in [3.8, 4) is 0 Å². The molecule has 9 heteroatoms. The van der Waals surface area contributed by atoms with Gasteiger partial charge in [-0.3, -0.25) is 19.0 Å². The Labute approximate surface area is 154 Å². The number of aryl methyl sites for hydroxylation is 1. The lowest BCUT2D eigenvalue weighted by Gasteiger charge is -2.04. The van der Waals surface area contributed by atoms with Crippen LogP contribution >= 0.6 is 11.6 Å². The number of anilines is 1. The fourth-order valence-corrected chi connectivity index (χ4v) is 2.46. The zero-order valence-corrected chi connectivity index (χ0v) is 14.8. The van der Waals surface area contributed by atoms with E-state index < -0.39 is 0 Å². The van der Waals surface area contributed by atoms with E-state index in [4.69, 9.17) is 11.6 Å². The maximum Gasteiger partial charge on any atom is 0.271 e. The summed E-state index contributed by atoms with van der Waals surface area (Å²) in [5.41, 5.74) is 0.743. The maximum absolute atomic E-state index is 12.2. The largest absolute Gasteiger partial charge is 0.349 e. The molecule has 0 aliphatic heterocycles. The van der Waals surface area contributed by atoms with Crippen molar-refractivity contribution < 1.29 is 9.59 Å². The summed E-state index contributed by atoms with van der Waals surface area (Å²) in [4.78, 5) is 24.4. The number of nitrogens with zero attached hydrogens (tertiary/aromatic N) is 4. The van der Waals surface area contributed by atoms with E-state index in [0.29, 0.717) is 29.5 Å². The van der Waals surface area contributed by atoms with Gasteiger partial charge in [0.25, 0.3) is 11.8 Å². The minimum Gasteiger partial charge on any atom is -0.349 e. The van der Waals surface area contributed by atoms with Gasteiger partial charge in [-0.25, -0.2) is 0 Å². The highest BCUT2D eigenvalue weighted by atomic mass is 35.5. The van der Waals surface area contributed by atoms with E-state index in [1.165, 1.54) is 16.9 Å². The highest BCUT2D eigenvalue weighted by Gasteiger charge is 2.15. The quantitative estimate of drug-likeness (QED) is 0.691. The van der Waals surface area contributed by atoms with E-state index >= 15 is 0 Å². The first-order chi connectivity index (χ1) is 12.5. The summed E-state index contributed by atoms with van der Waals surface area (Å²) in [6.45, 7) is 0.863. The molecular weight excluding hydrogens is 356 g/mol. The van der Waals surface area contributed by atoms with Gasteiger partial charge in [0.05, 0.1) is 17.8 Å². The Balaban J connectivity index is 1.58. The molecule has 2 N–H and O–H groups in total. The molecule has 1 aromatic carbocycles. The molecule has 0 atom stereocenters. The first-order valence-electron chi connectivity index (χ1n) is 7.89. The number of carbonyl (C=O) groups is 2. The van der Waals surface area contributed by atoms with Gasteiger partial charge in [0.15, 0.2) is 5.69 Å². The number of benzene rings is 1. The minimum atomic E-state index is -0.334. The van der Waals surface area contributed by atoms with Gasteiger partial charge >= 0.3 is 0 Å². The van der Waals surface area contributed by atoms with E-state index in [9.17, 15) is 9.59 Å². The van der Waals surface area contributed by atoms with Gasteiger partial charge in [-0.15, -0.1) is 0 Å². The Kier molecular flexibility index (Phi) is 5.33. The van der Waals surface area contributed by atoms with Crippen molar-refractivity contribution in [2.75, 3.05) is 11.9 Å². The smallest absolute Gasteiger partial charge is 0.271 e. The molecule has 134 valence electrons. The summed E-state index contributed by atoms with van der Waals surface area (Å²) in [5.74, 6) is -0.168. The fourth-order valence-electron chi connectivity index (χ4n) is 2.31. The van der Waals surface area contributed by atoms with Crippen LogP contribution in [0.15, 0.2) is 48.8 Å². The van der Waals surface area contributed by atoms with Crippen LogP contribution < -0.4 is 10.6 Å². The second-order valence-corrected chi connectivity index (χ2v) is 5.97. The van der Waals surface area contributed by atoms with E-state index in [1.54, 1.807) is 42.2 Å². The van der Waals surface area contributed by atoms with Crippen molar-refractivity contribution in [1.82, 2.24) is 24.9 Å². The lowest BCUT2D eigenvalue weighted by atomic mass is 10.2. The van der Waals surface area contributed by atoms with Crippen LogP contribution in [0, 0.1) is 0 Å². The molecule has 0 spiro atoms. The molecule has 0 aliphatic rings. The number of nitrogens with one attached hydrogen (secondary N) is 2. The fraction of sp³-hybridized carbons (Fsp3) is 0.176. The Morgan fingerprint density at radius 3 is 2.65 bits per heavy atom. The lowest BCUT2D eigenvalue weighted by molar-refractivity contribution is 0.0945. The molecule has 0 aliphatic carbocycles. The molecule has 0 bridgehead atoms. The number of halogens is 1. The van der Waals surface area contributed by atoms with Gasteiger partial charge in [-0.2, -0.15) is 10.2 Å². The summed E-state index contributed by atoms with van der Waals surface area (Å²) in [7, 11) is 1.66. The Morgan fingerprint density at radius 1 is 1.19 bits per heavy atom. The van der Waals surface area contributed by atoms with Crippen LogP contribution in [0.1, 0.15) is 20.8 Å². The third kappa shape index (κ3) is 4.28. The summed E-state index contributed by atoms with van der Waals surface area (Å²) in [6.07, 6.45) is 3.20. The molecular formula is C17H17ClN6O2. The van der Waals surface area contributed by atoms with Crippen molar-refractivity contribution in [3.63, 3.8) is 0 Å². The predicted octanol–water partition coefficient (Wildman–Crippen LogP) is 1.95. The standard InChI is InChI=1S/C17H17ClN6O2/c1-23-15(21-16(25)12-5-3-2-4-6-12)9-14(22-23)17(26)19-7-8-24-11-13(18)10-20-24/h2-6,9-11H,7-8H2,1H3,(H,19,26)(H,21,25). The Bertz CT molecular complexity index is 918. The van der Waals surface area contributed by atoms with E-state index in [-0.39, 0.29) is 17.5 Å². The zero-order chi connectivity index (χ0) is 18.5. The topological polar surface area (TPSA) is 93.8 Å². The number of amides is 2. The van der Waals surface area contributed by atoms with Gasteiger partial charge < -0.3 is 10.6 Å². The van der Waals surface area contributed by atoms with Crippen LogP contribution in [-0.2, 0) is 13.6 Å². The average Bonchev–Trinajstić information content (AvgIpc) is 3.21. The van der Waals surface area contributed by atoms with Gasteiger partial charge in [0.2, 0.25) is 0 Å². The minimum absolute atomic E-state index is 0.217. The third-order valence-electron chi connectivity index (χ3n) is 3.62. The van der Waals surface area contributed by atoms with Crippen LogP contribution in [0.2, 0.25) is 5.02 Å². The van der Waals surface area contributed by atoms with E-state index in [2.05, 4.69) is 20.8 Å². The molecule has 0 radical (unpaired) electrons. The molecule has 0 unspecified atom stereocenters. The summed E-state index contributed by atoms with van der Waals surface area (Å²) < 4.78 is 3.08. The molecule has 0 saturated heterocycles. The SMILES string of the molecule is Cn1nc(C(=O)NCCn2cc(Cl)cn2)cc1NC(=O)c1ccccc1. The second-order valence-electron chi connectivity index (χ2n) is 5.54. The first-order valence-corrected chi connectivity index (χ1v) is 8.27. The predicted molar refractivity (Wildman–Crippen MR) is 97.2 cm³/mol. The van der Waals surface area contributed by atoms with Gasteiger partial charge in [0, 0.05) is 31.4 Å². The molecule has 0 saturated carbocycles. The van der Waals surface area contributed by atoms with Crippen molar-refractivity contribution in [3.05, 3.63) is 65.1 Å². The van der Waals surface area contributed by atoms with E-state index in [0.717, 1.165) is 0 Å². The maximum atomic E-state index is 12.2. The van der Waals surface area contributed by atoms with Gasteiger partial charge in [0.1, 0.15) is 5.82 Å². The number of rotatable bonds is 6. The van der Waals surface area contributed by atoms with Crippen molar-refractivity contribution >= 4 is 29.2 Å². The Hall–Kier alpha value is -3.13. The van der Waals surface area contributed by atoms with Crippen LogP contribution in [0.3, 0.4) is 0 Å². The second kappa shape index (κ2) is 7.83. The van der Waals surface area contributed by atoms with Crippen LogP contribution in [0.4, 0.5) is 5.82 Å². The van der Waals surface area contributed by atoms with E-state index in [1.807, 2.05) is 6.07 Å². The van der Waals surface area contributed by atoms with Crippen molar-refractivity contribution in [2.45, 2.75) is 6.54 Å². The van der Waals surface area contributed by atoms with Crippen LogP contribution in [0.5, 0.6) is 0 Å². The lowest BCUT2D eigenvalue weighted by Crippen LogP contribution is -2.27. The third-order valence-corrected chi connectivity index (χ3v) is 3.81. The molecule has 2 amide bonds.